The van der Waals surface area contributed by atoms with Crippen molar-refractivity contribution in [3.8, 4) is 22.4 Å². The zero-order valence-electron chi connectivity index (χ0n) is 21.7. The smallest absolute Gasteiger partial charge is 0.353 e. The molecule has 0 saturated heterocycles. The van der Waals surface area contributed by atoms with Crippen molar-refractivity contribution in [2.45, 2.75) is 20.4 Å². The molecule has 0 aliphatic heterocycles. The summed E-state index contributed by atoms with van der Waals surface area (Å²) in [6, 6.07) is 18.6. The van der Waals surface area contributed by atoms with Gasteiger partial charge in [-0.25, -0.2) is 18.9 Å². The van der Waals surface area contributed by atoms with Gasteiger partial charge in [0.05, 0.1) is 28.4 Å². The van der Waals surface area contributed by atoms with Crippen molar-refractivity contribution in [1.82, 2.24) is 29.5 Å². The number of aromatic nitrogens is 5. The van der Waals surface area contributed by atoms with Crippen LogP contribution in [0.5, 0.6) is 0 Å². The van der Waals surface area contributed by atoms with Crippen LogP contribution in [0.2, 0.25) is 5.02 Å². The fraction of sp³-hybridized carbons (Fsp3) is 0.179. The van der Waals surface area contributed by atoms with E-state index in [1.54, 1.807) is 25.2 Å². The van der Waals surface area contributed by atoms with E-state index in [1.807, 2.05) is 56.3 Å². The van der Waals surface area contributed by atoms with E-state index in [1.165, 1.54) is 9.08 Å². The highest BCUT2D eigenvalue weighted by molar-refractivity contribution is 6.34. The first kappa shape index (κ1) is 25.9. The van der Waals surface area contributed by atoms with Gasteiger partial charge in [-0.15, -0.1) is 5.10 Å². The summed E-state index contributed by atoms with van der Waals surface area (Å²) in [7, 11) is 1.54. The van der Waals surface area contributed by atoms with E-state index < -0.39 is 5.69 Å². The summed E-state index contributed by atoms with van der Waals surface area (Å²) in [6.07, 6.45) is 0. The van der Waals surface area contributed by atoms with Gasteiger partial charge in [-0.05, 0) is 49.7 Å². The zero-order valence-corrected chi connectivity index (χ0v) is 22.5. The quantitative estimate of drug-likeness (QED) is 0.284. The molecule has 3 aromatic heterocycles. The molecule has 3 heterocycles. The standard InChI is InChI=1S/C28H27ClN8O2/c1-16-13-19(14-17(2)33-16)23-24(18-7-5-4-6-8-18)34-27(30)37-25(23)35-36(28(37)39)12-11-32-20-9-10-22(29)21(15-20)26(38)31-3/h4-10,13-15,32H,11-12H2,1-3H3,(H2,30,34)(H,31,38). The molecular weight excluding hydrogens is 516 g/mol. The van der Waals surface area contributed by atoms with Crippen LogP contribution in [-0.4, -0.2) is 43.6 Å². The minimum Gasteiger partial charge on any atom is -0.383 e. The monoisotopic (exact) mass is 542 g/mol. The molecule has 5 aromatic rings. The van der Waals surface area contributed by atoms with Crippen LogP contribution in [0.4, 0.5) is 11.6 Å². The van der Waals surface area contributed by atoms with Crippen molar-refractivity contribution in [2.75, 3.05) is 24.6 Å². The van der Waals surface area contributed by atoms with Crippen LogP contribution in [0.15, 0.2) is 65.5 Å². The largest absolute Gasteiger partial charge is 0.383 e. The van der Waals surface area contributed by atoms with Gasteiger partial charge in [-0.3, -0.25) is 9.78 Å². The number of nitrogens with zero attached hydrogens (tertiary/aromatic N) is 5. The molecular formula is C28H27ClN8O2. The fourth-order valence-corrected chi connectivity index (χ4v) is 4.75. The van der Waals surface area contributed by atoms with Gasteiger partial charge in [-0.1, -0.05) is 41.9 Å². The number of amides is 1. The van der Waals surface area contributed by atoms with E-state index in [9.17, 15) is 9.59 Å². The topological polar surface area (TPSA) is 132 Å². The number of benzene rings is 2. The molecule has 0 unspecified atom stereocenters. The van der Waals surface area contributed by atoms with Gasteiger partial charge in [0.15, 0.2) is 5.65 Å². The van der Waals surface area contributed by atoms with Crippen molar-refractivity contribution in [1.29, 1.82) is 0 Å². The number of halogens is 1. The number of hydrogen-bond acceptors (Lipinski definition) is 7. The average Bonchev–Trinajstić information content (AvgIpc) is 3.25. The van der Waals surface area contributed by atoms with Gasteiger partial charge in [0.25, 0.3) is 5.91 Å². The number of hydrogen-bond donors (Lipinski definition) is 3. The Morgan fingerprint density at radius 1 is 1.00 bits per heavy atom. The van der Waals surface area contributed by atoms with Crippen molar-refractivity contribution in [2.24, 2.45) is 0 Å². The Balaban J connectivity index is 1.56. The zero-order chi connectivity index (χ0) is 27.7. The third-order valence-electron chi connectivity index (χ3n) is 6.26. The summed E-state index contributed by atoms with van der Waals surface area (Å²) in [4.78, 5) is 34.6. The lowest BCUT2D eigenvalue weighted by Gasteiger charge is -2.13. The highest BCUT2D eigenvalue weighted by Crippen LogP contribution is 2.34. The summed E-state index contributed by atoms with van der Waals surface area (Å²) >= 11 is 6.15. The predicted molar refractivity (Wildman–Crippen MR) is 153 cm³/mol. The van der Waals surface area contributed by atoms with Gasteiger partial charge in [0.1, 0.15) is 0 Å². The van der Waals surface area contributed by atoms with Crippen molar-refractivity contribution in [3.63, 3.8) is 0 Å². The summed E-state index contributed by atoms with van der Waals surface area (Å²) in [5.74, 6) is -0.237. The van der Waals surface area contributed by atoms with Crippen molar-refractivity contribution >= 4 is 34.8 Å². The molecule has 0 aliphatic carbocycles. The van der Waals surface area contributed by atoms with E-state index in [0.29, 0.717) is 39.7 Å². The Morgan fingerprint density at radius 3 is 2.41 bits per heavy atom. The molecule has 4 N–H and O–H groups in total. The van der Waals surface area contributed by atoms with Gasteiger partial charge < -0.3 is 16.4 Å². The molecule has 1 amide bonds. The van der Waals surface area contributed by atoms with Crippen LogP contribution >= 0.6 is 11.6 Å². The van der Waals surface area contributed by atoms with Crippen LogP contribution in [0.25, 0.3) is 28.0 Å². The lowest BCUT2D eigenvalue weighted by molar-refractivity contribution is 0.0963. The lowest BCUT2D eigenvalue weighted by Crippen LogP contribution is -2.26. The van der Waals surface area contributed by atoms with E-state index in [0.717, 1.165) is 22.5 Å². The SMILES string of the molecule is CNC(=O)c1cc(NCCn2nc3c(-c4cc(C)nc(C)c4)c(-c4ccccc4)nc(N)n3c2=O)ccc1Cl. The average molecular weight is 543 g/mol. The Hall–Kier alpha value is -4.70. The Labute approximate surface area is 229 Å². The number of aryl methyl sites for hydroxylation is 2. The van der Waals surface area contributed by atoms with Crippen LogP contribution in [0, 0.1) is 13.8 Å². The minimum atomic E-state index is -0.401. The number of fused-ring (bicyclic) bond motifs is 1. The number of nitrogen functional groups attached to an aromatic ring is 1. The Kier molecular flexibility index (Phi) is 7.03. The second-order valence-electron chi connectivity index (χ2n) is 9.06. The third-order valence-corrected chi connectivity index (χ3v) is 6.59. The highest BCUT2D eigenvalue weighted by Gasteiger charge is 2.22. The number of nitrogens with one attached hydrogen (secondary N) is 2. The fourth-order valence-electron chi connectivity index (χ4n) is 4.55. The van der Waals surface area contributed by atoms with E-state index in [4.69, 9.17) is 22.4 Å². The summed E-state index contributed by atoms with van der Waals surface area (Å²) < 4.78 is 2.69. The molecule has 0 aliphatic rings. The van der Waals surface area contributed by atoms with Gasteiger partial charge in [0, 0.05) is 36.2 Å². The Bertz CT molecular complexity index is 1740. The molecule has 0 spiro atoms. The second kappa shape index (κ2) is 10.6. The van der Waals surface area contributed by atoms with Crippen LogP contribution in [0.1, 0.15) is 21.7 Å². The van der Waals surface area contributed by atoms with Crippen molar-refractivity contribution in [3.05, 3.63) is 93.1 Å². The second-order valence-corrected chi connectivity index (χ2v) is 9.47. The molecule has 10 nitrogen and oxygen atoms in total. The molecule has 0 fully saturated rings. The molecule has 198 valence electrons. The van der Waals surface area contributed by atoms with Crippen LogP contribution in [-0.2, 0) is 6.54 Å². The highest BCUT2D eigenvalue weighted by atomic mass is 35.5. The van der Waals surface area contributed by atoms with Gasteiger partial charge in [0.2, 0.25) is 5.95 Å². The molecule has 0 saturated carbocycles. The van der Waals surface area contributed by atoms with Gasteiger partial charge >= 0.3 is 5.69 Å². The maximum atomic E-state index is 13.4. The summed E-state index contributed by atoms with van der Waals surface area (Å²) in [5.41, 5.74) is 12.1. The number of carbonyl (C=O) groups excluding carboxylic acids is 1. The maximum absolute atomic E-state index is 13.4. The van der Waals surface area contributed by atoms with E-state index >= 15 is 0 Å². The van der Waals surface area contributed by atoms with Crippen LogP contribution in [0.3, 0.4) is 0 Å². The minimum absolute atomic E-state index is 0.0484. The van der Waals surface area contributed by atoms with E-state index in [-0.39, 0.29) is 18.4 Å². The lowest BCUT2D eigenvalue weighted by atomic mass is 9.99. The Morgan fingerprint density at radius 2 is 1.72 bits per heavy atom. The predicted octanol–water partition coefficient (Wildman–Crippen LogP) is 3.94. The van der Waals surface area contributed by atoms with Crippen LogP contribution < -0.4 is 22.1 Å². The molecule has 0 bridgehead atoms. The third kappa shape index (κ3) is 5.06. The summed E-state index contributed by atoms with van der Waals surface area (Å²) in [5, 5.41) is 10.8. The maximum Gasteiger partial charge on any atom is 0.353 e. The first-order valence-corrected chi connectivity index (χ1v) is 12.7. The molecule has 2 aromatic carbocycles. The van der Waals surface area contributed by atoms with Gasteiger partial charge in [-0.2, -0.15) is 0 Å². The number of pyridine rings is 1. The number of rotatable bonds is 7. The van der Waals surface area contributed by atoms with Crippen molar-refractivity contribution < 1.29 is 4.79 Å². The number of nitrogens with two attached hydrogens (primary N) is 1. The molecule has 11 heteroatoms. The molecule has 39 heavy (non-hydrogen) atoms. The number of anilines is 2. The molecule has 5 rings (SSSR count). The molecule has 0 radical (unpaired) electrons. The molecule has 0 atom stereocenters. The number of carbonyl (C=O) groups is 1. The normalized spacial score (nSPS) is 11.1. The first-order chi connectivity index (χ1) is 18.8. The van der Waals surface area contributed by atoms with E-state index in [2.05, 4.69) is 20.6 Å². The first-order valence-electron chi connectivity index (χ1n) is 12.3. The summed E-state index contributed by atoms with van der Waals surface area (Å²) in [6.45, 7) is 4.44.